The Morgan fingerprint density at radius 2 is 2.18 bits per heavy atom. The molecule has 0 amide bonds. The van der Waals surface area contributed by atoms with Crippen LogP contribution in [-0.4, -0.2) is 12.6 Å². The monoisotopic (exact) mass is 151 g/mol. The zero-order chi connectivity index (χ0) is 7.94. The second-order valence-corrected chi connectivity index (χ2v) is 3.05. The highest BCUT2D eigenvalue weighted by Gasteiger charge is 1.94. The van der Waals surface area contributed by atoms with E-state index in [0.29, 0.717) is 6.04 Å². The predicted molar refractivity (Wildman–Crippen MR) is 49.6 cm³/mol. The van der Waals surface area contributed by atoms with Crippen LogP contribution in [0.2, 0.25) is 0 Å². The second kappa shape index (κ2) is 5.14. The van der Waals surface area contributed by atoms with E-state index in [4.69, 9.17) is 0 Å². The number of hydrogen-bond acceptors (Lipinski definition) is 1. The lowest BCUT2D eigenvalue weighted by molar-refractivity contribution is 0.589. The van der Waals surface area contributed by atoms with Crippen molar-refractivity contribution in [2.45, 2.75) is 32.2 Å². The Balaban J connectivity index is 2.38. The summed E-state index contributed by atoms with van der Waals surface area (Å²) in [7, 11) is 0. The van der Waals surface area contributed by atoms with Crippen molar-refractivity contribution in [1.82, 2.24) is 5.32 Å². The standard InChI is InChI=1S/C10H17N/c1-10-8-6-4-2-3-5-7-9-11-10/h2,4,6,8,10-11H,3,5,7,9H2,1H3/b4-2-,8-6-. The fourth-order valence-electron chi connectivity index (χ4n) is 1.19. The van der Waals surface area contributed by atoms with Gasteiger partial charge in [-0.2, -0.15) is 0 Å². The average Bonchev–Trinajstić information content (AvgIpc) is 2.03. The average molecular weight is 151 g/mol. The molecule has 1 aliphatic rings. The molecule has 0 saturated carbocycles. The van der Waals surface area contributed by atoms with Gasteiger partial charge in [0.1, 0.15) is 0 Å². The largest absolute Gasteiger partial charge is 0.311 e. The molecule has 1 atom stereocenters. The maximum atomic E-state index is 3.43. The number of allylic oxidation sites excluding steroid dienone is 3. The van der Waals surface area contributed by atoms with Gasteiger partial charge in [0, 0.05) is 6.04 Å². The third-order valence-corrected chi connectivity index (χ3v) is 1.91. The van der Waals surface area contributed by atoms with Gasteiger partial charge < -0.3 is 5.32 Å². The van der Waals surface area contributed by atoms with Crippen LogP contribution in [0.3, 0.4) is 0 Å². The summed E-state index contributed by atoms with van der Waals surface area (Å²) >= 11 is 0. The minimum Gasteiger partial charge on any atom is -0.311 e. The Morgan fingerprint density at radius 1 is 1.27 bits per heavy atom. The van der Waals surface area contributed by atoms with Gasteiger partial charge in [0.2, 0.25) is 0 Å². The van der Waals surface area contributed by atoms with Crippen molar-refractivity contribution < 1.29 is 0 Å². The highest BCUT2D eigenvalue weighted by Crippen LogP contribution is 1.98. The van der Waals surface area contributed by atoms with Crippen LogP contribution < -0.4 is 5.32 Å². The van der Waals surface area contributed by atoms with Gasteiger partial charge in [0.05, 0.1) is 0 Å². The van der Waals surface area contributed by atoms with E-state index < -0.39 is 0 Å². The summed E-state index contributed by atoms with van der Waals surface area (Å²) in [6, 6.07) is 0.526. The topological polar surface area (TPSA) is 12.0 Å². The first-order valence-electron chi connectivity index (χ1n) is 4.46. The van der Waals surface area contributed by atoms with Crippen LogP contribution >= 0.6 is 0 Å². The van der Waals surface area contributed by atoms with Gasteiger partial charge in [-0.1, -0.05) is 24.3 Å². The third kappa shape index (κ3) is 3.99. The van der Waals surface area contributed by atoms with Gasteiger partial charge in [-0.3, -0.25) is 0 Å². The fourth-order valence-corrected chi connectivity index (χ4v) is 1.19. The molecular weight excluding hydrogens is 134 g/mol. The molecule has 1 unspecified atom stereocenters. The summed E-state index contributed by atoms with van der Waals surface area (Å²) in [5.41, 5.74) is 0. The summed E-state index contributed by atoms with van der Waals surface area (Å²) in [6.45, 7) is 3.34. The first kappa shape index (κ1) is 8.54. The van der Waals surface area contributed by atoms with Crippen LogP contribution in [0, 0.1) is 0 Å². The minimum absolute atomic E-state index is 0.526. The lowest BCUT2D eigenvalue weighted by Crippen LogP contribution is -2.24. The molecule has 1 N–H and O–H groups in total. The van der Waals surface area contributed by atoms with E-state index in [-0.39, 0.29) is 0 Å². The molecule has 0 aromatic rings. The molecule has 0 saturated heterocycles. The summed E-state index contributed by atoms with van der Waals surface area (Å²) in [5, 5.41) is 3.43. The summed E-state index contributed by atoms with van der Waals surface area (Å²) in [4.78, 5) is 0. The minimum atomic E-state index is 0.526. The number of nitrogens with one attached hydrogen (secondary N) is 1. The molecule has 0 spiro atoms. The fraction of sp³-hybridized carbons (Fsp3) is 0.600. The van der Waals surface area contributed by atoms with Crippen molar-refractivity contribution in [2.24, 2.45) is 0 Å². The Labute approximate surface area is 69.2 Å². The van der Waals surface area contributed by atoms with Crippen molar-refractivity contribution >= 4 is 0 Å². The number of rotatable bonds is 0. The maximum absolute atomic E-state index is 3.43. The van der Waals surface area contributed by atoms with Crippen molar-refractivity contribution in [3.63, 3.8) is 0 Å². The van der Waals surface area contributed by atoms with Crippen molar-refractivity contribution in [3.8, 4) is 0 Å². The highest BCUT2D eigenvalue weighted by molar-refractivity contribution is 5.05. The Hall–Kier alpha value is -0.560. The number of hydrogen-bond donors (Lipinski definition) is 1. The molecule has 0 fully saturated rings. The molecule has 1 heteroatoms. The van der Waals surface area contributed by atoms with E-state index >= 15 is 0 Å². The van der Waals surface area contributed by atoms with Gasteiger partial charge in [0.25, 0.3) is 0 Å². The van der Waals surface area contributed by atoms with Gasteiger partial charge >= 0.3 is 0 Å². The first-order valence-corrected chi connectivity index (χ1v) is 4.46. The normalized spacial score (nSPS) is 32.6. The molecule has 0 radical (unpaired) electrons. The molecule has 0 aliphatic carbocycles. The molecule has 0 bridgehead atoms. The van der Waals surface area contributed by atoms with Crippen LogP contribution in [0.5, 0.6) is 0 Å². The van der Waals surface area contributed by atoms with Crippen molar-refractivity contribution in [3.05, 3.63) is 24.3 Å². The second-order valence-electron chi connectivity index (χ2n) is 3.05. The lowest BCUT2D eigenvalue weighted by Gasteiger charge is -2.09. The predicted octanol–water partition coefficient (Wildman–Crippen LogP) is 2.26. The molecule has 1 heterocycles. The summed E-state index contributed by atoms with van der Waals surface area (Å²) in [6.07, 6.45) is 12.5. The molecular formula is C10H17N. The maximum Gasteiger partial charge on any atom is 0.0224 e. The molecule has 0 aromatic heterocycles. The van der Waals surface area contributed by atoms with E-state index in [2.05, 4.69) is 36.5 Å². The van der Waals surface area contributed by atoms with E-state index in [1.54, 1.807) is 0 Å². The van der Waals surface area contributed by atoms with Gasteiger partial charge in [0.15, 0.2) is 0 Å². The molecule has 62 valence electrons. The van der Waals surface area contributed by atoms with Gasteiger partial charge in [-0.25, -0.2) is 0 Å². The van der Waals surface area contributed by atoms with Crippen LogP contribution in [0.1, 0.15) is 26.2 Å². The Bertz CT molecular complexity index is 147. The Morgan fingerprint density at radius 3 is 3.09 bits per heavy atom. The highest BCUT2D eigenvalue weighted by atomic mass is 14.9. The van der Waals surface area contributed by atoms with Crippen molar-refractivity contribution in [2.75, 3.05) is 6.54 Å². The smallest absolute Gasteiger partial charge is 0.0224 e. The molecule has 1 nitrogen and oxygen atoms in total. The van der Waals surface area contributed by atoms with Gasteiger partial charge in [-0.15, -0.1) is 0 Å². The van der Waals surface area contributed by atoms with Crippen LogP contribution in [0.25, 0.3) is 0 Å². The quantitative estimate of drug-likeness (QED) is 0.560. The van der Waals surface area contributed by atoms with Crippen LogP contribution in [0.15, 0.2) is 24.3 Å². The molecule has 11 heavy (non-hydrogen) atoms. The molecule has 1 aliphatic heterocycles. The summed E-state index contributed by atoms with van der Waals surface area (Å²) in [5.74, 6) is 0. The van der Waals surface area contributed by atoms with Crippen LogP contribution in [-0.2, 0) is 0 Å². The zero-order valence-corrected chi connectivity index (χ0v) is 7.22. The SMILES string of the molecule is CC1/C=C\C=C/CCCCN1. The van der Waals surface area contributed by atoms with E-state index in [1.807, 2.05) is 0 Å². The van der Waals surface area contributed by atoms with E-state index in [1.165, 1.54) is 19.3 Å². The molecule has 0 aromatic carbocycles. The van der Waals surface area contributed by atoms with E-state index in [9.17, 15) is 0 Å². The molecule has 1 rings (SSSR count). The summed E-state index contributed by atoms with van der Waals surface area (Å²) < 4.78 is 0. The zero-order valence-electron chi connectivity index (χ0n) is 7.22. The van der Waals surface area contributed by atoms with Crippen molar-refractivity contribution in [1.29, 1.82) is 0 Å². The first-order chi connectivity index (χ1) is 5.39. The Kier molecular flexibility index (Phi) is 3.99. The third-order valence-electron chi connectivity index (χ3n) is 1.91. The lowest BCUT2D eigenvalue weighted by atomic mass is 10.2. The van der Waals surface area contributed by atoms with Gasteiger partial charge in [-0.05, 0) is 32.7 Å². The van der Waals surface area contributed by atoms with E-state index in [0.717, 1.165) is 6.54 Å². The van der Waals surface area contributed by atoms with Crippen LogP contribution in [0.4, 0.5) is 0 Å².